The third-order valence-corrected chi connectivity index (χ3v) is 7.68. The Bertz CT molecular complexity index is 1430. The lowest BCUT2D eigenvalue weighted by molar-refractivity contribution is 0.104. The van der Waals surface area contributed by atoms with Crippen LogP contribution in [0.25, 0.3) is 21.9 Å². The van der Waals surface area contributed by atoms with Gasteiger partial charge in [0.05, 0.1) is 18.3 Å². The number of halogens is 2. The van der Waals surface area contributed by atoms with Crippen LogP contribution in [0.2, 0.25) is 0 Å². The summed E-state index contributed by atoms with van der Waals surface area (Å²) in [6, 6.07) is 7.42. The highest BCUT2D eigenvalue weighted by atomic mass is 19.1. The molecule has 0 aliphatic carbocycles. The number of fused-ring (bicyclic) bond motifs is 3. The number of rotatable bonds is 4. The fourth-order valence-electron chi connectivity index (χ4n) is 5.75. The molecular formula is C28H29F2N5O2. The van der Waals surface area contributed by atoms with Crippen LogP contribution in [0.3, 0.4) is 0 Å². The van der Waals surface area contributed by atoms with Crippen LogP contribution < -0.4 is 4.74 Å². The molecule has 1 N–H and O–H groups in total. The minimum atomic E-state index is -0.707. The van der Waals surface area contributed by atoms with Gasteiger partial charge in [0.1, 0.15) is 11.5 Å². The maximum atomic E-state index is 13.9. The lowest BCUT2D eigenvalue weighted by Gasteiger charge is -2.39. The van der Waals surface area contributed by atoms with Crippen molar-refractivity contribution in [3.63, 3.8) is 0 Å². The van der Waals surface area contributed by atoms with Gasteiger partial charge in [-0.1, -0.05) is 6.07 Å². The highest BCUT2D eigenvalue weighted by Gasteiger charge is 2.31. The number of carbonyl (C=O) groups is 1. The van der Waals surface area contributed by atoms with Crippen molar-refractivity contribution in [3.8, 4) is 5.75 Å². The van der Waals surface area contributed by atoms with Crippen LogP contribution in [0.4, 0.5) is 13.6 Å². The molecule has 192 valence electrons. The van der Waals surface area contributed by atoms with E-state index in [1.54, 1.807) is 12.4 Å². The summed E-state index contributed by atoms with van der Waals surface area (Å²) in [5, 5.41) is 2.23. The fraction of sp³-hybridized carbons (Fsp3) is 0.393. The second kappa shape index (κ2) is 9.95. The first kappa shape index (κ1) is 23.6. The number of benzene rings is 1. The van der Waals surface area contributed by atoms with Gasteiger partial charge in [0.2, 0.25) is 0 Å². The fourth-order valence-corrected chi connectivity index (χ4v) is 5.75. The second-order valence-electron chi connectivity index (χ2n) is 10.0. The van der Waals surface area contributed by atoms with Crippen molar-refractivity contribution < 1.29 is 18.3 Å². The number of aromatic amines is 1. The first-order valence-corrected chi connectivity index (χ1v) is 12.9. The standard InChI is InChI=1S/C28H29F2N5O2/c29-20-5-6-25(23(30)13-20)37-17-18-3-2-10-35(16-18)28(36)34-11-7-19(8-12-34)22-14-32-27-26(22)21-4-1-9-31-24(21)15-33-27/h1,4-6,9,13-15,18-19H,2-3,7-8,10-12,16-17H2,(H,32,33). The van der Waals surface area contributed by atoms with Crippen LogP contribution in [0.1, 0.15) is 37.2 Å². The maximum absolute atomic E-state index is 13.9. The van der Waals surface area contributed by atoms with Crippen molar-refractivity contribution in [2.75, 3.05) is 32.8 Å². The third kappa shape index (κ3) is 4.70. The van der Waals surface area contributed by atoms with Gasteiger partial charge in [0.25, 0.3) is 0 Å². The molecule has 0 saturated carbocycles. The van der Waals surface area contributed by atoms with Crippen LogP contribution in [-0.2, 0) is 0 Å². The first-order valence-electron chi connectivity index (χ1n) is 12.9. The van der Waals surface area contributed by atoms with E-state index >= 15 is 0 Å². The van der Waals surface area contributed by atoms with Crippen LogP contribution >= 0.6 is 0 Å². The molecule has 5 heterocycles. The zero-order chi connectivity index (χ0) is 25.4. The Balaban J connectivity index is 1.07. The van der Waals surface area contributed by atoms with Gasteiger partial charge < -0.3 is 19.5 Å². The number of amides is 2. The van der Waals surface area contributed by atoms with Crippen molar-refractivity contribution in [1.29, 1.82) is 0 Å². The number of H-pyrrole nitrogens is 1. The monoisotopic (exact) mass is 505 g/mol. The number of ether oxygens (including phenoxy) is 1. The molecule has 3 aromatic heterocycles. The smallest absolute Gasteiger partial charge is 0.320 e. The summed E-state index contributed by atoms with van der Waals surface area (Å²) < 4.78 is 32.7. The molecule has 1 atom stereocenters. The zero-order valence-electron chi connectivity index (χ0n) is 20.5. The van der Waals surface area contributed by atoms with Crippen LogP contribution in [0.5, 0.6) is 5.75 Å². The Morgan fingerprint density at radius 2 is 1.95 bits per heavy atom. The summed E-state index contributed by atoms with van der Waals surface area (Å²) in [5.74, 6) is -0.835. The normalized spacial score (nSPS) is 19.0. The molecule has 7 nitrogen and oxygen atoms in total. The SMILES string of the molecule is O=C(N1CCC(c2c[nH]c3ncc4ncccc4c23)CC1)N1CCCC(COc2ccc(F)cc2F)C1. The molecule has 2 fully saturated rings. The van der Waals surface area contributed by atoms with Crippen LogP contribution in [0, 0.1) is 17.6 Å². The maximum Gasteiger partial charge on any atom is 0.320 e. The van der Waals surface area contributed by atoms with E-state index < -0.39 is 11.6 Å². The molecule has 0 spiro atoms. The van der Waals surface area contributed by atoms with Crippen molar-refractivity contribution in [2.24, 2.45) is 5.92 Å². The highest BCUT2D eigenvalue weighted by Crippen LogP contribution is 2.36. The van der Waals surface area contributed by atoms with E-state index in [0.29, 0.717) is 38.7 Å². The van der Waals surface area contributed by atoms with Gasteiger partial charge in [-0.3, -0.25) is 4.98 Å². The number of hydrogen-bond donors (Lipinski definition) is 1. The van der Waals surface area contributed by atoms with Gasteiger partial charge in [-0.05, 0) is 55.4 Å². The van der Waals surface area contributed by atoms with E-state index in [1.807, 2.05) is 15.9 Å². The molecule has 2 amide bonds. The van der Waals surface area contributed by atoms with Gasteiger partial charge in [-0.15, -0.1) is 0 Å². The number of likely N-dealkylation sites (tertiary alicyclic amines) is 2. The molecule has 9 heteroatoms. The first-order chi connectivity index (χ1) is 18.1. The predicted octanol–water partition coefficient (Wildman–Crippen LogP) is 5.48. The van der Waals surface area contributed by atoms with Crippen molar-refractivity contribution in [1.82, 2.24) is 24.8 Å². The molecule has 2 aliphatic rings. The lowest BCUT2D eigenvalue weighted by atomic mass is 9.88. The molecule has 6 rings (SSSR count). The average Bonchev–Trinajstić information content (AvgIpc) is 3.37. The Morgan fingerprint density at radius 1 is 1.08 bits per heavy atom. The van der Waals surface area contributed by atoms with Gasteiger partial charge >= 0.3 is 6.03 Å². The predicted molar refractivity (Wildman–Crippen MR) is 136 cm³/mol. The van der Waals surface area contributed by atoms with E-state index in [9.17, 15) is 13.6 Å². The summed E-state index contributed by atoms with van der Waals surface area (Å²) >= 11 is 0. The number of nitrogens with zero attached hydrogens (tertiary/aromatic N) is 4. The number of nitrogens with one attached hydrogen (secondary N) is 1. The second-order valence-corrected chi connectivity index (χ2v) is 10.0. The number of urea groups is 1. The van der Waals surface area contributed by atoms with Gasteiger partial charge in [0.15, 0.2) is 11.6 Å². The molecule has 4 aromatic rings. The van der Waals surface area contributed by atoms with Gasteiger partial charge in [0, 0.05) is 61.3 Å². The minimum absolute atomic E-state index is 0.0444. The Morgan fingerprint density at radius 3 is 2.78 bits per heavy atom. The molecular weight excluding hydrogens is 476 g/mol. The number of carbonyl (C=O) groups excluding carboxylic acids is 1. The number of hydrogen-bond acceptors (Lipinski definition) is 4. The summed E-state index contributed by atoms with van der Waals surface area (Å²) in [7, 11) is 0. The largest absolute Gasteiger partial charge is 0.490 e. The molecule has 0 bridgehead atoms. The van der Waals surface area contributed by atoms with Crippen molar-refractivity contribution in [2.45, 2.75) is 31.6 Å². The summed E-state index contributed by atoms with van der Waals surface area (Å²) in [6.45, 7) is 2.99. The molecule has 2 saturated heterocycles. The Labute approximate surface area is 213 Å². The van der Waals surface area contributed by atoms with Crippen molar-refractivity contribution in [3.05, 3.63) is 66.1 Å². The highest BCUT2D eigenvalue weighted by molar-refractivity contribution is 6.05. The number of aromatic nitrogens is 3. The minimum Gasteiger partial charge on any atom is -0.490 e. The summed E-state index contributed by atoms with van der Waals surface area (Å²) in [5.41, 5.74) is 3.00. The van der Waals surface area contributed by atoms with E-state index in [4.69, 9.17) is 4.74 Å². The Hall–Kier alpha value is -3.75. The molecule has 0 radical (unpaired) electrons. The van der Waals surface area contributed by atoms with Crippen LogP contribution in [-0.4, -0.2) is 63.6 Å². The average molecular weight is 506 g/mol. The van der Waals surface area contributed by atoms with E-state index in [2.05, 4.69) is 27.2 Å². The topological polar surface area (TPSA) is 74.4 Å². The van der Waals surface area contributed by atoms with Crippen LogP contribution in [0.15, 0.2) is 48.9 Å². The van der Waals surface area contributed by atoms with E-state index in [0.717, 1.165) is 53.7 Å². The van der Waals surface area contributed by atoms with Gasteiger partial charge in [-0.25, -0.2) is 18.6 Å². The summed E-state index contributed by atoms with van der Waals surface area (Å²) in [4.78, 5) is 29.5. The quantitative estimate of drug-likeness (QED) is 0.399. The number of pyridine rings is 2. The third-order valence-electron chi connectivity index (χ3n) is 7.68. The van der Waals surface area contributed by atoms with E-state index in [1.165, 1.54) is 17.7 Å². The molecule has 1 aromatic carbocycles. The Kier molecular flexibility index (Phi) is 6.36. The molecule has 2 aliphatic heterocycles. The lowest BCUT2D eigenvalue weighted by Crippen LogP contribution is -2.50. The number of piperidine rings is 2. The zero-order valence-corrected chi connectivity index (χ0v) is 20.5. The summed E-state index contributed by atoms with van der Waals surface area (Å²) in [6.07, 6.45) is 9.21. The molecule has 37 heavy (non-hydrogen) atoms. The van der Waals surface area contributed by atoms with Crippen molar-refractivity contribution >= 4 is 28.0 Å². The molecule has 1 unspecified atom stereocenters. The van der Waals surface area contributed by atoms with Gasteiger partial charge in [-0.2, -0.15) is 0 Å². The van der Waals surface area contributed by atoms with E-state index in [-0.39, 0.29) is 17.7 Å².